The van der Waals surface area contributed by atoms with E-state index in [0.29, 0.717) is 19.5 Å². The first-order valence-corrected chi connectivity index (χ1v) is 6.58. The third-order valence-corrected chi connectivity index (χ3v) is 3.65. The average molecular weight is 256 g/mol. The molecule has 0 spiro atoms. The zero-order chi connectivity index (χ0) is 13.2. The van der Waals surface area contributed by atoms with Crippen LogP contribution in [0.25, 0.3) is 0 Å². The summed E-state index contributed by atoms with van der Waals surface area (Å²) in [5.41, 5.74) is 0.984. The Morgan fingerprint density at radius 3 is 2.68 bits per heavy atom. The molecule has 1 aromatic rings. The summed E-state index contributed by atoms with van der Waals surface area (Å²) in [6.07, 6.45) is 5.51. The lowest BCUT2D eigenvalue weighted by Crippen LogP contribution is -2.34. The van der Waals surface area contributed by atoms with E-state index in [0.717, 1.165) is 12.0 Å². The summed E-state index contributed by atoms with van der Waals surface area (Å²) in [6, 6.07) is 9.18. The quantitative estimate of drug-likeness (QED) is 0.601. The molecule has 0 bridgehead atoms. The van der Waals surface area contributed by atoms with Gasteiger partial charge in [-0.05, 0) is 18.4 Å². The van der Waals surface area contributed by atoms with Gasteiger partial charge < -0.3 is 4.90 Å². The SMILES string of the molecule is O=C1C2CC=CCCN2C(=O)N1Cc1ccccc1. The Hall–Kier alpha value is -2.10. The molecule has 2 heterocycles. The van der Waals surface area contributed by atoms with Crippen LogP contribution in [-0.2, 0) is 11.3 Å². The van der Waals surface area contributed by atoms with Crippen LogP contribution in [0.2, 0.25) is 0 Å². The fourth-order valence-electron chi connectivity index (χ4n) is 2.64. The maximum absolute atomic E-state index is 12.3. The summed E-state index contributed by atoms with van der Waals surface area (Å²) in [6.45, 7) is 1.01. The molecule has 1 aromatic carbocycles. The van der Waals surface area contributed by atoms with Crippen LogP contribution < -0.4 is 0 Å². The standard InChI is InChI=1S/C15H16N2O2/c18-14-13-9-5-2-6-10-16(13)15(19)17(14)11-12-7-3-1-4-8-12/h1-5,7-8,13H,6,9-11H2. The largest absolute Gasteiger partial charge is 0.327 e. The van der Waals surface area contributed by atoms with Crippen molar-refractivity contribution in [2.75, 3.05) is 6.54 Å². The van der Waals surface area contributed by atoms with Crippen molar-refractivity contribution in [2.24, 2.45) is 0 Å². The fraction of sp³-hybridized carbons (Fsp3) is 0.333. The van der Waals surface area contributed by atoms with Crippen molar-refractivity contribution in [3.63, 3.8) is 0 Å². The van der Waals surface area contributed by atoms with Gasteiger partial charge in [0.1, 0.15) is 6.04 Å². The molecule has 1 saturated heterocycles. The van der Waals surface area contributed by atoms with Gasteiger partial charge in [0.05, 0.1) is 6.54 Å². The number of carbonyl (C=O) groups is 2. The second kappa shape index (κ2) is 4.88. The first kappa shape index (κ1) is 12.0. The Kier molecular flexibility index (Phi) is 3.07. The van der Waals surface area contributed by atoms with Gasteiger partial charge in [0.25, 0.3) is 5.91 Å². The van der Waals surface area contributed by atoms with Crippen molar-refractivity contribution in [3.8, 4) is 0 Å². The number of imide groups is 1. The molecule has 0 N–H and O–H groups in total. The van der Waals surface area contributed by atoms with Crippen LogP contribution in [0.3, 0.4) is 0 Å². The van der Waals surface area contributed by atoms with Crippen LogP contribution in [0.1, 0.15) is 18.4 Å². The van der Waals surface area contributed by atoms with E-state index >= 15 is 0 Å². The van der Waals surface area contributed by atoms with E-state index in [9.17, 15) is 9.59 Å². The molecule has 1 atom stereocenters. The number of amides is 3. The molecule has 4 nitrogen and oxygen atoms in total. The highest BCUT2D eigenvalue weighted by Crippen LogP contribution is 2.24. The van der Waals surface area contributed by atoms with Gasteiger partial charge in [0.15, 0.2) is 0 Å². The van der Waals surface area contributed by atoms with Gasteiger partial charge in [-0.1, -0.05) is 42.5 Å². The maximum Gasteiger partial charge on any atom is 0.327 e. The molecule has 19 heavy (non-hydrogen) atoms. The van der Waals surface area contributed by atoms with Crippen molar-refractivity contribution in [3.05, 3.63) is 48.0 Å². The zero-order valence-electron chi connectivity index (χ0n) is 10.7. The van der Waals surface area contributed by atoms with Crippen LogP contribution in [-0.4, -0.2) is 34.3 Å². The van der Waals surface area contributed by atoms with Crippen LogP contribution in [0, 0.1) is 0 Å². The monoisotopic (exact) mass is 256 g/mol. The number of benzene rings is 1. The summed E-state index contributed by atoms with van der Waals surface area (Å²) in [4.78, 5) is 27.7. The molecule has 3 amide bonds. The summed E-state index contributed by atoms with van der Waals surface area (Å²) in [7, 11) is 0. The lowest BCUT2D eigenvalue weighted by molar-refractivity contribution is -0.128. The molecular weight excluding hydrogens is 240 g/mol. The molecule has 2 aliphatic heterocycles. The van der Waals surface area contributed by atoms with Crippen molar-refractivity contribution < 1.29 is 9.59 Å². The molecular formula is C15H16N2O2. The normalized spacial score (nSPS) is 22.6. The zero-order valence-corrected chi connectivity index (χ0v) is 10.7. The molecule has 0 aliphatic carbocycles. The van der Waals surface area contributed by atoms with Crippen LogP contribution in [0.5, 0.6) is 0 Å². The minimum atomic E-state index is -0.296. The molecule has 0 saturated carbocycles. The van der Waals surface area contributed by atoms with E-state index in [1.807, 2.05) is 42.5 Å². The number of hydrogen-bond donors (Lipinski definition) is 0. The Morgan fingerprint density at radius 2 is 1.89 bits per heavy atom. The number of hydrogen-bond acceptors (Lipinski definition) is 2. The molecule has 3 rings (SSSR count). The second-order valence-corrected chi connectivity index (χ2v) is 4.90. The van der Waals surface area contributed by atoms with Gasteiger partial charge in [-0.25, -0.2) is 4.79 Å². The minimum absolute atomic E-state index is 0.0691. The molecule has 2 aliphatic rings. The number of nitrogens with zero attached hydrogens (tertiary/aromatic N) is 2. The smallest absolute Gasteiger partial charge is 0.312 e. The van der Waals surface area contributed by atoms with E-state index in [4.69, 9.17) is 0 Å². The summed E-state index contributed by atoms with van der Waals surface area (Å²) >= 11 is 0. The highest BCUT2D eigenvalue weighted by molar-refractivity contribution is 6.04. The predicted octanol–water partition coefficient (Wildman–Crippen LogP) is 2.17. The Balaban J connectivity index is 1.81. The summed E-state index contributed by atoms with van der Waals surface area (Å²) < 4.78 is 0. The topological polar surface area (TPSA) is 40.6 Å². The predicted molar refractivity (Wildman–Crippen MR) is 71.3 cm³/mol. The lowest BCUT2D eigenvalue weighted by atomic mass is 10.2. The van der Waals surface area contributed by atoms with Crippen LogP contribution in [0.15, 0.2) is 42.5 Å². The van der Waals surface area contributed by atoms with E-state index in [-0.39, 0.29) is 18.0 Å². The highest BCUT2D eigenvalue weighted by atomic mass is 16.2. The lowest BCUT2D eigenvalue weighted by Gasteiger charge is -2.18. The van der Waals surface area contributed by atoms with E-state index in [1.165, 1.54) is 4.90 Å². The summed E-state index contributed by atoms with van der Waals surface area (Å²) in [5, 5.41) is 0. The van der Waals surface area contributed by atoms with E-state index in [1.54, 1.807) is 4.90 Å². The molecule has 0 aromatic heterocycles. The minimum Gasteiger partial charge on any atom is -0.312 e. The van der Waals surface area contributed by atoms with Gasteiger partial charge >= 0.3 is 6.03 Å². The number of rotatable bonds is 2. The number of carbonyl (C=O) groups excluding carboxylic acids is 2. The molecule has 1 unspecified atom stereocenters. The average Bonchev–Trinajstić information content (AvgIpc) is 2.65. The third kappa shape index (κ3) is 2.14. The van der Waals surface area contributed by atoms with Crippen molar-refractivity contribution in [2.45, 2.75) is 25.4 Å². The number of urea groups is 1. The Labute approximate surface area is 112 Å². The fourth-order valence-corrected chi connectivity index (χ4v) is 2.64. The van der Waals surface area contributed by atoms with Gasteiger partial charge in [-0.15, -0.1) is 0 Å². The van der Waals surface area contributed by atoms with Gasteiger partial charge in [-0.2, -0.15) is 0 Å². The van der Waals surface area contributed by atoms with Crippen molar-refractivity contribution >= 4 is 11.9 Å². The van der Waals surface area contributed by atoms with Crippen molar-refractivity contribution in [1.82, 2.24) is 9.80 Å². The van der Waals surface area contributed by atoms with Gasteiger partial charge in [0.2, 0.25) is 0 Å². The van der Waals surface area contributed by atoms with Crippen molar-refractivity contribution in [1.29, 1.82) is 0 Å². The maximum atomic E-state index is 12.3. The molecule has 0 radical (unpaired) electrons. The summed E-state index contributed by atoms with van der Waals surface area (Å²) in [5.74, 6) is -0.0691. The van der Waals surface area contributed by atoms with Crippen LogP contribution >= 0.6 is 0 Å². The third-order valence-electron chi connectivity index (χ3n) is 3.65. The van der Waals surface area contributed by atoms with E-state index < -0.39 is 0 Å². The molecule has 98 valence electrons. The molecule has 1 fully saturated rings. The Morgan fingerprint density at radius 1 is 1.11 bits per heavy atom. The highest BCUT2D eigenvalue weighted by Gasteiger charge is 2.44. The van der Waals surface area contributed by atoms with E-state index in [2.05, 4.69) is 0 Å². The van der Waals surface area contributed by atoms with Gasteiger partial charge in [0, 0.05) is 6.54 Å². The first-order chi connectivity index (χ1) is 9.27. The second-order valence-electron chi connectivity index (χ2n) is 4.90. The first-order valence-electron chi connectivity index (χ1n) is 6.58. The van der Waals surface area contributed by atoms with Crippen LogP contribution in [0.4, 0.5) is 4.79 Å². The molecule has 4 heteroatoms. The Bertz CT molecular complexity index is 524. The van der Waals surface area contributed by atoms with Gasteiger partial charge in [-0.3, -0.25) is 9.69 Å². The number of fused-ring (bicyclic) bond motifs is 1.